The molecule has 0 saturated heterocycles. The summed E-state index contributed by atoms with van der Waals surface area (Å²) < 4.78 is 0.232. The van der Waals surface area contributed by atoms with Gasteiger partial charge in [-0.05, 0) is 0 Å². The zero-order valence-corrected chi connectivity index (χ0v) is 38.7. The fourth-order valence-electron chi connectivity index (χ4n) is 9.95. The van der Waals surface area contributed by atoms with Crippen LogP contribution in [0.5, 0.6) is 0 Å². The number of hydrogen-bond acceptors (Lipinski definition) is 0. The molecule has 0 fully saturated rings. The second kappa shape index (κ2) is 15.6. The van der Waals surface area contributed by atoms with Gasteiger partial charge in [0.15, 0.2) is 0 Å². The molecule has 0 amide bonds. The van der Waals surface area contributed by atoms with E-state index in [9.17, 15) is 0 Å². The summed E-state index contributed by atoms with van der Waals surface area (Å²) in [7, 11) is 17.9. The van der Waals surface area contributed by atoms with Crippen molar-refractivity contribution in [2.24, 2.45) is 0 Å². The van der Waals surface area contributed by atoms with Crippen molar-refractivity contribution in [1.82, 2.24) is 0 Å². The second-order valence-electron chi connectivity index (χ2n) is 16.6. The van der Waals surface area contributed by atoms with Crippen molar-refractivity contribution in [1.29, 1.82) is 0 Å². The molecule has 2 unspecified atom stereocenters. The Morgan fingerprint density at radius 1 is 0.558 bits per heavy atom. The van der Waals surface area contributed by atoms with E-state index in [0.717, 1.165) is 51.4 Å². The molecular weight excluding hydrogens is 767 g/mol. The van der Waals surface area contributed by atoms with Crippen LogP contribution in [-0.4, -0.2) is 5.92 Å². The standard InChI is InChI=1S/2C23H27.C2H7Si.2ClH.Zr/c2*1-5-7-8-18-14-20-10-9-19(6-2)23(22(20)15-18)21-12-16(3)11-17(4)13-21;1-3-2;;;/h2*9-15H,5-8H2,1-4H3;3H,1-2H3;2*1H;/q;;;;;+2/p-2. The Bertz CT molecular complexity index is 1880. The third-order valence-corrected chi connectivity index (χ3v) is 64.2. The van der Waals surface area contributed by atoms with Gasteiger partial charge in [0.05, 0.1) is 0 Å². The Morgan fingerprint density at radius 2 is 0.923 bits per heavy atom. The molecule has 4 heteroatoms. The van der Waals surface area contributed by atoms with Crippen LogP contribution in [0.3, 0.4) is 0 Å². The molecule has 0 aliphatic heterocycles. The van der Waals surface area contributed by atoms with Crippen LogP contribution in [0.4, 0.5) is 0 Å². The number of unbranched alkanes of at least 4 members (excludes halogenated alkanes) is 2. The van der Waals surface area contributed by atoms with Crippen LogP contribution in [0, 0.1) is 27.7 Å². The van der Waals surface area contributed by atoms with E-state index < -0.39 is 21.5 Å². The van der Waals surface area contributed by atoms with Crippen molar-refractivity contribution >= 4 is 35.1 Å². The normalized spacial score (nSPS) is 17.5. The Hall–Kier alpha value is -1.96. The van der Waals surface area contributed by atoms with Gasteiger partial charge in [-0.15, -0.1) is 0 Å². The molecule has 2 aliphatic carbocycles. The van der Waals surface area contributed by atoms with E-state index >= 15 is 0 Å². The van der Waals surface area contributed by atoms with Crippen molar-refractivity contribution in [3.05, 3.63) is 127 Å². The fraction of sp³-hybridized carbons (Fsp3) is 0.417. The molecule has 0 spiro atoms. The summed E-state index contributed by atoms with van der Waals surface area (Å²) in [5.41, 5.74) is 22.2. The number of fused-ring (bicyclic) bond motifs is 2. The third kappa shape index (κ3) is 6.91. The van der Waals surface area contributed by atoms with Gasteiger partial charge in [0, 0.05) is 0 Å². The van der Waals surface area contributed by atoms with Crippen molar-refractivity contribution < 1.29 is 15.6 Å². The summed E-state index contributed by atoms with van der Waals surface area (Å²) in [6.07, 6.45) is 13.9. The molecule has 0 N–H and O–H groups in total. The minimum absolute atomic E-state index is 0.116. The van der Waals surface area contributed by atoms with Gasteiger partial charge in [0.1, 0.15) is 0 Å². The van der Waals surface area contributed by atoms with E-state index in [4.69, 9.17) is 17.0 Å². The van der Waals surface area contributed by atoms with Gasteiger partial charge >= 0.3 is 327 Å². The van der Waals surface area contributed by atoms with Crippen molar-refractivity contribution in [3.8, 4) is 22.3 Å². The van der Waals surface area contributed by atoms with E-state index in [0.29, 0.717) is 0 Å². The van der Waals surface area contributed by atoms with Crippen LogP contribution in [0.2, 0.25) is 13.1 Å². The van der Waals surface area contributed by atoms with Crippen molar-refractivity contribution in [2.45, 2.75) is 127 Å². The molecule has 4 aromatic carbocycles. The summed E-state index contributed by atoms with van der Waals surface area (Å²) in [5.74, 6) is -1.68. The number of benzene rings is 4. The number of halogens is 2. The van der Waals surface area contributed by atoms with Crippen molar-refractivity contribution in [2.75, 3.05) is 0 Å². The van der Waals surface area contributed by atoms with Gasteiger partial charge < -0.3 is 0 Å². The number of rotatable bonds is 13. The average molecular weight is 828 g/mol. The van der Waals surface area contributed by atoms with Crippen LogP contribution in [-0.2, 0) is 28.4 Å². The Kier molecular flexibility index (Phi) is 12.0. The Morgan fingerprint density at radius 3 is 1.23 bits per heavy atom. The Labute approximate surface area is 324 Å². The molecule has 0 nitrogen and oxygen atoms in total. The molecule has 2 aliphatic rings. The quantitative estimate of drug-likeness (QED) is 0.118. The van der Waals surface area contributed by atoms with Gasteiger partial charge in [0.2, 0.25) is 0 Å². The monoisotopic (exact) mass is 825 g/mol. The maximum absolute atomic E-state index is 8.95. The molecule has 0 heterocycles. The molecule has 6 rings (SSSR count). The van der Waals surface area contributed by atoms with Crippen LogP contribution < -0.4 is 0 Å². The van der Waals surface area contributed by atoms with Gasteiger partial charge in [-0.3, -0.25) is 0 Å². The second-order valence-corrected chi connectivity index (χ2v) is 59.1. The Balaban J connectivity index is 1.66. The predicted octanol–water partition coefficient (Wildman–Crippen LogP) is 15.3. The molecule has 275 valence electrons. The maximum atomic E-state index is 8.95. The SMILES string of the molecule is CCCCC1=Cc2c(ccc(CC)c2-c2cc(C)cc(C)c2)[CH]1[Zr]([Cl])([Cl])([CH]1C(CCCC)=Cc2c1ccc(CC)c2-c1cc(C)cc(C)c1)[SiH](C)C. The summed E-state index contributed by atoms with van der Waals surface area (Å²) in [5, 5.41) is 0. The van der Waals surface area contributed by atoms with Crippen LogP contribution in [0.1, 0.15) is 129 Å². The number of allylic oxidation sites excluding steroid dienone is 2. The summed E-state index contributed by atoms with van der Waals surface area (Å²) >= 11 is -4.94. The molecule has 0 radical (unpaired) electrons. The number of hydrogen-bond donors (Lipinski definition) is 0. The van der Waals surface area contributed by atoms with Gasteiger partial charge in [-0.2, -0.15) is 0 Å². The van der Waals surface area contributed by atoms with E-state index in [2.05, 4.69) is 141 Å². The zero-order chi connectivity index (χ0) is 37.6. The molecule has 0 bridgehead atoms. The first-order valence-corrected chi connectivity index (χ1v) is 36.5. The molecular formula is C48H61Cl2SiZr. The molecule has 0 aromatic heterocycles. The molecule has 0 saturated carbocycles. The van der Waals surface area contributed by atoms with E-state index in [1.165, 1.54) is 89.0 Å². The fourth-order valence-corrected chi connectivity index (χ4v) is 41.5. The minimum atomic E-state index is -4.94. The topological polar surface area (TPSA) is 0 Å². The van der Waals surface area contributed by atoms with Gasteiger partial charge in [-0.25, -0.2) is 0 Å². The first-order valence-electron chi connectivity index (χ1n) is 20.2. The first kappa shape index (κ1) is 39.7. The number of aryl methyl sites for hydroxylation is 6. The van der Waals surface area contributed by atoms with Crippen LogP contribution in [0.15, 0.2) is 71.8 Å². The molecule has 52 heavy (non-hydrogen) atoms. The van der Waals surface area contributed by atoms with Crippen LogP contribution in [0.25, 0.3) is 34.4 Å². The van der Waals surface area contributed by atoms with Crippen LogP contribution >= 0.6 is 17.0 Å². The van der Waals surface area contributed by atoms with E-state index in [1.54, 1.807) is 0 Å². The summed E-state index contributed by atoms with van der Waals surface area (Å²) in [6, 6.07) is 23.9. The van der Waals surface area contributed by atoms with Gasteiger partial charge in [0.25, 0.3) is 0 Å². The first-order chi connectivity index (χ1) is 24.8. The summed E-state index contributed by atoms with van der Waals surface area (Å²) in [4.78, 5) is 0. The third-order valence-electron chi connectivity index (χ3n) is 12.4. The van der Waals surface area contributed by atoms with E-state index in [1.807, 2.05) is 0 Å². The van der Waals surface area contributed by atoms with E-state index in [-0.39, 0.29) is 7.25 Å². The summed E-state index contributed by atoms with van der Waals surface area (Å²) in [6.45, 7) is 23.2. The van der Waals surface area contributed by atoms with Gasteiger partial charge in [-0.1, -0.05) is 0 Å². The van der Waals surface area contributed by atoms with Crippen molar-refractivity contribution in [3.63, 3.8) is 0 Å². The molecule has 2 atom stereocenters. The zero-order valence-electron chi connectivity index (χ0n) is 33.6. The molecule has 4 aromatic rings. The average Bonchev–Trinajstić information content (AvgIpc) is 3.67. The predicted molar refractivity (Wildman–Crippen MR) is 233 cm³/mol.